The molecule has 0 bridgehead atoms. The minimum Gasteiger partial charge on any atom is -0.504 e. The summed E-state index contributed by atoms with van der Waals surface area (Å²) in [5.41, 5.74) is 1.01. The van der Waals surface area contributed by atoms with E-state index in [0.717, 1.165) is 5.56 Å². The molecule has 1 rings (SSSR count). The number of ether oxygens (including phenoxy) is 1. The summed E-state index contributed by atoms with van der Waals surface area (Å²) in [5.74, 6) is -0.0873. The van der Waals surface area contributed by atoms with E-state index in [0.29, 0.717) is 0 Å². The van der Waals surface area contributed by atoms with E-state index >= 15 is 0 Å². The normalized spacial score (nSPS) is 10.9. The predicted octanol–water partition coefficient (Wildman–Crippen LogP) is 2.43. The zero-order chi connectivity index (χ0) is 10.2. The van der Waals surface area contributed by atoms with E-state index in [2.05, 4.69) is 4.74 Å². The van der Waals surface area contributed by atoms with Gasteiger partial charge >= 0.3 is 0 Å². The first-order chi connectivity index (χ1) is 6.83. The second-order valence-corrected chi connectivity index (χ2v) is 2.68. The highest BCUT2D eigenvalue weighted by atomic mass is 16.5. The number of benzene rings is 1. The van der Waals surface area contributed by atoms with Gasteiger partial charge in [0.05, 0.1) is 13.4 Å². The summed E-state index contributed by atoms with van der Waals surface area (Å²) in [6.45, 7) is 0. The molecule has 0 heterocycles. The van der Waals surface area contributed by atoms with E-state index in [1.54, 1.807) is 6.08 Å². The fourth-order valence-electron chi connectivity index (χ4n) is 0.933. The molecular weight excluding hydrogens is 176 g/mol. The quantitative estimate of drug-likeness (QED) is 0.535. The standard InChI is InChI=1S/C12H12O2/c1-14-10-9-12(13)8-7-11-5-3-2-4-6-11/h2-10H,1H3/b8-7+,10-9+. The van der Waals surface area contributed by atoms with Crippen LogP contribution in [0.25, 0.3) is 6.08 Å². The monoisotopic (exact) mass is 188 g/mol. The molecule has 0 aliphatic rings. The first-order valence-electron chi connectivity index (χ1n) is 4.29. The lowest BCUT2D eigenvalue weighted by Crippen LogP contribution is -1.84. The summed E-state index contributed by atoms with van der Waals surface area (Å²) in [7, 11) is 1.50. The zero-order valence-corrected chi connectivity index (χ0v) is 8.01. The maximum absolute atomic E-state index is 11.1. The van der Waals surface area contributed by atoms with Crippen molar-refractivity contribution in [1.82, 2.24) is 0 Å². The van der Waals surface area contributed by atoms with Gasteiger partial charge < -0.3 is 4.74 Å². The Morgan fingerprint density at radius 3 is 2.57 bits per heavy atom. The van der Waals surface area contributed by atoms with Crippen molar-refractivity contribution in [3.8, 4) is 0 Å². The van der Waals surface area contributed by atoms with Crippen molar-refractivity contribution < 1.29 is 9.53 Å². The third-order valence-corrected chi connectivity index (χ3v) is 1.61. The third-order valence-electron chi connectivity index (χ3n) is 1.61. The van der Waals surface area contributed by atoms with Crippen LogP contribution in [-0.2, 0) is 9.53 Å². The largest absolute Gasteiger partial charge is 0.504 e. The number of carbonyl (C=O) groups excluding carboxylic acids is 1. The molecule has 1 aromatic rings. The molecule has 2 nitrogen and oxygen atoms in total. The van der Waals surface area contributed by atoms with Gasteiger partial charge in [0.1, 0.15) is 0 Å². The van der Waals surface area contributed by atoms with Crippen LogP contribution in [0.4, 0.5) is 0 Å². The Labute approximate surface area is 83.5 Å². The van der Waals surface area contributed by atoms with Gasteiger partial charge in [0.15, 0.2) is 5.78 Å². The van der Waals surface area contributed by atoms with E-state index in [9.17, 15) is 4.79 Å². The second kappa shape index (κ2) is 5.75. The second-order valence-electron chi connectivity index (χ2n) is 2.68. The van der Waals surface area contributed by atoms with E-state index < -0.39 is 0 Å². The number of allylic oxidation sites excluding steroid dienone is 2. The van der Waals surface area contributed by atoms with Gasteiger partial charge in [0.2, 0.25) is 0 Å². The molecule has 0 aliphatic carbocycles. The summed E-state index contributed by atoms with van der Waals surface area (Å²) < 4.78 is 4.63. The summed E-state index contributed by atoms with van der Waals surface area (Å²) in [6.07, 6.45) is 6.00. The van der Waals surface area contributed by atoms with Crippen molar-refractivity contribution in [2.75, 3.05) is 7.11 Å². The third kappa shape index (κ3) is 3.72. The van der Waals surface area contributed by atoms with Gasteiger partial charge in [-0.25, -0.2) is 0 Å². The summed E-state index contributed by atoms with van der Waals surface area (Å²) in [5, 5.41) is 0. The lowest BCUT2D eigenvalue weighted by molar-refractivity contribution is -0.110. The van der Waals surface area contributed by atoms with E-state index in [1.165, 1.54) is 25.5 Å². The highest BCUT2D eigenvalue weighted by Crippen LogP contribution is 2.00. The average Bonchev–Trinajstić information content (AvgIpc) is 2.25. The van der Waals surface area contributed by atoms with E-state index in [1.807, 2.05) is 30.3 Å². The molecular formula is C12H12O2. The number of methoxy groups -OCH3 is 1. The van der Waals surface area contributed by atoms with Crippen LogP contribution in [0.1, 0.15) is 5.56 Å². The van der Waals surface area contributed by atoms with Crippen LogP contribution in [0.2, 0.25) is 0 Å². The van der Waals surface area contributed by atoms with Crippen LogP contribution < -0.4 is 0 Å². The molecule has 0 radical (unpaired) electrons. The molecule has 0 saturated heterocycles. The Kier molecular flexibility index (Phi) is 4.21. The molecule has 0 fully saturated rings. The Morgan fingerprint density at radius 2 is 1.93 bits per heavy atom. The van der Waals surface area contributed by atoms with Crippen molar-refractivity contribution in [2.24, 2.45) is 0 Å². The Morgan fingerprint density at radius 1 is 1.21 bits per heavy atom. The van der Waals surface area contributed by atoms with E-state index in [-0.39, 0.29) is 5.78 Å². The van der Waals surface area contributed by atoms with Crippen LogP contribution in [0, 0.1) is 0 Å². The molecule has 0 saturated carbocycles. The Bertz CT molecular complexity index is 337. The average molecular weight is 188 g/mol. The maximum Gasteiger partial charge on any atom is 0.181 e. The molecule has 0 amide bonds. The number of carbonyl (C=O) groups is 1. The smallest absolute Gasteiger partial charge is 0.181 e. The van der Waals surface area contributed by atoms with Crippen molar-refractivity contribution in [3.05, 3.63) is 54.3 Å². The van der Waals surface area contributed by atoms with Gasteiger partial charge in [-0.3, -0.25) is 4.79 Å². The van der Waals surface area contributed by atoms with Crippen LogP contribution in [0.5, 0.6) is 0 Å². The number of ketones is 1. The van der Waals surface area contributed by atoms with E-state index in [4.69, 9.17) is 0 Å². The topological polar surface area (TPSA) is 26.3 Å². The van der Waals surface area contributed by atoms with Crippen LogP contribution in [-0.4, -0.2) is 12.9 Å². The molecule has 0 atom stereocenters. The Balaban J connectivity index is 2.56. The minimum atomic E-state index is -0.0873. The molecule has 0 aliphatic heterocycles. The number of hydrogen-bond donors (Lipinski definition) is 0. The van der Waals surface area contributed by atoms with Crippen molar-refractivity contribution in [2.45, 2.75) is 0 Å². The van der Waals surface area contributed by atoms with Crippen LogP contribution >= 0.6 is 0 Å². The van der Waals surface area contributed by atoms with Crippen molar-refractivity contribution in [1.29, 1.82) is 0 Å². The van der Waals surface area contributed by atoms with Gasteiger partial charge in [-0.05, 0) is 11.6 Å². The molecule has 14 heavy (non-hydrogen) atoms. The van der Waals surface area contributed by atoms with Gasteiger partial charge in [0, 0.05) is 6.08 Å². The fourth-order valence-corrected chi connectivity index (χ4v) is 0.933. The van der Waals surface area contributed by atoms with Gasteiger partial charge in [-0.1, -0.05) is 36.4 Å². The minimum absolute atomic E-state index is 0.0873. The highest BCUT2D eigenvalue weighted by molar-refractivity contribution is 6.01. The summed E-state index contributed by atoms with van der Waals surface area (Å²) in [6, 6.07) is 9.65. The highest BCUT2D eigenvalue weighted by Gasteiger charge is 1.88. The lowest BCUT2D eigenvalue weighted by atomic mass is 10.2. The molecule has 72 valence electrons. The van der Waals surface area contributed by atoms with Crippen LogP contribution in [0.3, 0.4) is 0 Å². The fraction of sp³-hybridized carbons (Fsp3) is 0.0833. The summed E-state index contributed by atoms with van der Waals surface area (Å²) >= 11 is 0. The first-order valence-corrected chi connectivity index (χ1v) is 4.29. The van der Waals surface area contributed by atoms with Gasteiger partial charge in [-0.2, -0.15) is 0 Å². The molecule has 0 spiro atoms. The predicted molar refractivity (Wildman–Crippen MR) is 56.6 cm³/mol. The van der Waals surface area contributed by atoms with Crippen LogP contribution in [0.15, 0.2) is 48.7 Å². The van der Waals surface area contributed by atoms with Gasteiger partial charge in [0.25, 0.3) is 0 Å². The molecule has 0 unspecified atom stereocenters. The number of hydrogen-bond acceptors (Lipinski definition) is 2. The zero-order valence-electron chi connectivity index (χ0n) is 8.01. The summed E-state index contributed by atoms with van der Waals surface area (Å²) in [4.78, 5) is 11.1. The first kappa shape index (κ1) is 10.3. The lowest BCUT2D eigenvalue weighted by Gasteiger charge is -1.89. The van der Waals surface area contributed by atoms with Crippen molar-refractivity contribution >= 4 is 11.9 Å². The molecule has 2 heteroatoms. The van der Waals surface area contributed by atoms with Gasteiger partial charge in [-0.15, -0.1) is 0 Å². The maximum atomic E-state index is 11.1. The Hall–Kier alpha value is -1.83. The molecule has 0 N–H and O–H groups in total. The number of rotatable bonds is 4. The SMILES string of the molecule is CO/C=C/C(=O)/C=C/c1ccccc1. The molecule has 1 aromatic carbocycles. The molecule has 0 aromatic heterocycles. The van der Waals surface area contributed by atoms with Crippen molar-refractivity contribution in [3.63, 3.8) is 0 Å².